The van der Waals surface area contributed by atoms with E-state index in [4.69, 9.17) is 20.9 Å². The van der Waals surface area contributed by atoms with Crippen LogP contribution < -0.4 is 4.74 Å². The summed E-state index contributed by atoms with van der Waals surface area (Å²) in [5.41, 5.74) is 1.25. The molecule has 1 fully saturated rings. The third kappa shape index (κ3) is 2.63. The number of pyridine rings is 1. The third-order valence-electron chi connectivity index (χ3n) is 4.12. The highest BCUT2D eigenvalue weighted by molar-refractivity contribution is 6.31. The van der Waals surface area contributed by atoms with E-state index >= 15 is 0 Å². The Hall–Kier alpha value is -2.47. The fourth-order valence-electron chi connectivity index (χ4n) is 2.79. The number of hydrogen-bond donors (Lipinski definition) is 0. The molecule has 0 aliphatic heterocycles. The molecule has 3 aromatic rings. The van der Waals surface area contributed by atoms with Crippen LogP contribution in [0.3, 0.4) is 0 Å². The summed E-state index contributed by atoms with van der Waals surface area (Å²) in [7, 11) is 1.55. The molecule has 0 N–H and O–H groups in total. The lowest BCUT2D eigenvalue weighted by molar-refractivity contribution is 0.378. The van der Waals surface area contributed by atoms with Crippen LogP contribution >= 0.6 is 11.6 Å². The molecule has 1 saturated carbocycles. The zero-order valence-corrected chi connectivity index (χ0v) is 13.5. The average Bonchev–Trinajstić information content (AvgIpc) is 3.21. The predicted octanol–water partition coefficient (Wildman–Crippen LogP) is 4.20. The summed E-state index contributed by atoms with van der Waals surface area (Å²) in [6, 6.07) is 8.24. The van der Waals surface area contributed by atoms with Gasteiger partial charge in [-0.1, -0.05) is 22.8 Å². The molecule has 5 nitrogen and oxygen atoms in total. The Bertz CT molecular complexity index is 862. The zero-order chi connectivity index (χ0) is 16.7. The van der Waals surface area contributed by atoms with Gasteiger partial charge in [-0.2, -0.15) is 4.98 Å². The molecule has 0 spiro atoms. The number of nitrogens with zero attached hydrogens (tertiary/aromatic N) is 3. The van der Waals surface area contributed by atoms with Crippen LogP contribution in [0.5, 0.6) is 5.88 Å². The maximum Gasteiger partial charge on any atom is 0.230 e. The summed E-state index contributed by atoms with van der Waals surface area (Å²) < 4.78 is 24.4. The summed E-state index contributed by atoms with van der Waals surface area (Å²) in [6.45, 7) is 0. The molecular weight excluding hydrogens is 333 g/mol. The molecule has 0 saturated heterocycles. The SMILES string of the molecule is COc1ccc(-c2noc([C@H]3C[C@@H]3c3c(F)cccc3Cl)n2)cn1. The van der Waals surface area contributed by atoms with Crippen molar-refractivity contribution >= 4 is 11.6 Å². The van der Waals surface area contributed by atoms with E-state index in [2.05, 4.69) is 15.1 Å². The van der Waals surface area contributed by atoms with Crippen LogP contribution in [0.4, 0.5) is 4.39 Å². The standard InChI is InChI=1S/C17H13ClFN3O2/c1-23-14-6-5-9(8-20-14)16-21-17(24-22-16)11-7-10(11)15-12(18)3-2-4-13(15)19/h2-6,8,10-11H,7H2,1H3/t10-,11-/m0/s1. The van der Waals surface area contributed by atoms with Gasteiger partial charge in [-0.05, 0) is 24.6 Å². The Morgan fingerprint density at radius 3 is 2.83 bits per heavy atom. The number of aromatic nitrogens is 3. The third-order valence-corrected chi connectivity index (χ3v) is 4.45. The molecule has 1 aliphatic rings. The minimum Gasteiger partial charge on any atom is -0.481 e. The van der Waals surface area contributed by atoms with Crippen molar-refractivity contribution in [3.8, 4) is 17.3 Å². The highest BCUT2D eigenvalue weighted by atomic mass is 35.5. The Kier molecular flexibility index (Phi) is 3.69. The summed E-state index contributed by atoms with van der Waals surface area (Å²) in [4.78, 5) is 8.53. The van der Waals surface area contributed by atoms with Crippen molar-refractivity contribution in [2.24, 2.45) is 0 Å². The molecule has 4 rings (SSSR count). The largest absolute Gasteiger partial charge is 0.481 e. The van der Waals surface area contributed by atoms with Crippen molar-refractivity contribution in [2.45, 2.75) is 18.3 Å². The van der Waals surface area contributed by atoms with Gasteiger partial charge in [0.2, 0.25) is 17.6 Å². The molecule has 0 amide bonds. The first-order valence-electron chi connectivity index (χ1n) is 7.45. The van der Waals surface area contributed by atoms with E-state index in [0.29, 0.717) is 28.2 Å². The number of benzene rings is 1. The maximum atomic E-state index is 14.0. The van der Waals surface area contributed by atoms with Gasteiger partial charge in [0.25, 0.3) is 0 Å². The van der Waals surface area contributed by atoms with Crippen LogP contribution in [-0.2, 0) is 0 Å². The van der Waals surface area contributed by atoms with Crippen LogP contribution in [0.15, 0.2) is 41.1 Å². The Morgan fingerprint density at radius 1 is 1.25 bits per heavy atom. The molecule has 0 unspecified atom stereocenters. The number of halogens is 2. The molecule has 2 aromatic heterocycles. The molecule has 122 valence electrons. The average molecular weight is 346 g/mol. The lowest BCUT2D eigenvalue weighted by Gasteiger charge is -2.03. The number of methoxy groups -OCH3 is 1. The molecule has 24 heavy (non-hydrogen) atoms. The smallest absolute Gasteiger partial charge is 0.230 e. The second-order valence-electron chi connectivity index (χ2n) is 5.63. The number of rotatable bonds is 4. The van der Waals surface area contributed by atoms with Crippen molar-refractivity contribution < 1.29 is 13.7 Å². The van der Waals surface area contributed by atoms with Gasteiger partial charge in [0.05, 0.1) is 7.11 Å². The highest BCUT2D eigenvalue weighted by Gasteiger charge is 2.46. The van der Waals surface area contributed by atoms with Gasteiger partial charge >= 0.3 is 0 Å². The quantitative estimate of drug-likeness (QED) is 0.709. The lowest BCUT2D eigenvalue weighted by atomic mass is 10.1. The van der Waals surface area contributed by atoms with Crippen molar-refractivity contribution in [3.63, 3.8) is 0 Å². The second-order valence-corrected chi connectivity index (χ2v) is 6.04. The minimum atomic E-state index is -0.297. The predicted molar refractivity (Wildman–Crippen MR) is 85.6 cm³/mol. The molecule has 2 heterocycles. The molecule has 1 aliphatic carbocycles. The van der Waals surface area contributed by atoms with E-state index in [0.717, 1.165) is 12.0 Å². The van der Waals surface area contributed by atoms with E-state index in [9.17, 15) is 4.39 Å². The topological polar surface area (TPSA) is 61.0 Å². The lowest BCUT2D eigenvalue weighted by Crippen LogP contribution is -1.91. The summed E-state index contributed by atoms with van der Waals surface area (Å²) in [5, 5.41) is 4.41. The van der Waals surface area contributed by atoms with Crippen molar-refractivity contribution in [3.05, 3.63) is 58.8 Å². The van der Waals surface area contributed by atoms with Crippen molar-refractivity contribution in [1.29, 1.82) is 0 Å². The molecule has 7 heteroatoms. The summed E-state index contributed by atoms with van der Waals surface area (Å²) in [5.74, 6) is 1.12. The van der Waals surface area contributed by atoms with Crippen LogP contribution in [0.1, 0.15) is 29.7 Å². The summed E-state index contributed by atoms with van der Waals surface area (Å²) >= 11 is 6.12. The highest BCUT2D eigenvalue weighted by Crippen LogP contribution is 2.56. The van der Waals surface area contributed by atoms with Gasteiger partial charge in [0.15, 0.2) is 0 Å². The van der Waals surface area contributed by atoms with Gasteiger partial charge in [-0.15, -0.1) is 0 Å². The molecule has 0 bridgehead atoms. The van der Waals surface area contributed by atoms with Gasteiger partial charge in [0.1, 0.15) is 5.82 Å². The summed E-state index contributed by atoms with van der Waals surface area (Å²) in [6.07, 6.45) is 2.36. The monoisotopic (exact) mass is 345 g/mol. The number of hydrogen-bond acceptors (Lipinski definition) is 5. The molecule has 0 radical (unpaired) electrons. The van der Waals surface area contributed by atoms with Crippen LogP contribution in [0.2, 0.25) is 5.02 Å². The van der Waals surface area contributed by atoms with E-state index in [1.807, 2.05) is 0 Å². The normalized spacial score (nSPS) is 19.3. The fraction of sp³-hybridized carbons (Fsp3) is 0.235. The van der Waals surface area contributed by atoms with E-state index in [-0.39, 0.29) is 17.7 Å². The maximum absolute atomic E-state index is 14.0. The van der Waals surface area contributed by atoms with E-state index in [1.165, 1.54) is 6.07 Å². The van der Waals surface area contributed by atoms with E-state index in [1.54, 1.807) is 37.6 Å². The van der Waals surface area contributed by atoms with E-state index < -0.39 is 0 Å². The van der Waals surface area contributed by atoms with Crippen LogP contribution in [0.25, 0.3) is 11.4 Å². The molecule has 2 atom stereocenters. The first kappa shape index (κ1) is 15.1. The first-order chi connectivity index (χ1) is 11.7. The van der Waals surface area contributed by atoms with Crippen LogP contribution in [-0.4, -0.2) is 22.2 Å². The van der Waals surface area contributed by atoms with Crippen molar-refractivity contribution in [2.75, 3.05) is 7.11 Å². The molecule has 1 aromatic carbocycles. The van der Waals surface area contributed by atoms with Gasteiger partial charge in [-0.3, -0.25) is 0 Å². The van der Waals surface area contributed by atoms with Gasteiger partial charge in [-0.25, -0.2) is 9.37 Å². The second kappa shape index (κ2) is 5.87. The van der Waals surface area contributed by atoms with Crippen molar-refractivity contribution in [1.82, 2.24) is 15.1 Å². The van der Waals surface area contributed by atoms with Crippen LogP contribution in [0, 0.1) is 5.82 Å². The first-order valence-corrected chi connectivity index (χ1v) is 7.83. The minimum absolute atomic E-state index is 0.00754. The van der Waals surface area contributed by atoms with Gasteiger partial charge in [0, 0.05) is 40.2 Å². The Morgan fingerprint density at radius 2 is 2.12 bits per heavy atom. The Labute approximate surface area is 142 Å². The fourth-order valence-corrected chi connectivity index (χ4v) is 3.09. The zero-order valence-electron chi connectivity index (χ0n) is 12.7. The Balaban J connectivity index is 1.56. The number of ether oxygens (including phenoxy) is 1. The molecular formula is C17H13ClFN3O2. The van der Waals surface area contributed by atoms with Gasteiger partial charge < -0.3 is 9.26 Å².